The molecule has 1 unspecified atom stereocenters. The second-order valence-electron chi connectivity index (χ2n) is 6.52. The average Bonchev–Trinajstić information content (AvgIpc) is 3.07. The van der Waals surface area contributed by atoms with Crippen LogP contribution in [-0.2, 0) is 11.8 Å². The van der Waals surface area contributed by atoms with Crippen molar-refractivity contribution in [2.75, 3.05) is 18.4 Å². The number of nitrogens with one attached hydrogen (secondary N) is 1. The molecule has 6 nitrogen and oxygen atoms in total. The van der Waals surface area contributed by atoms with Gasteiger partial charge in [0.1, 0.15) is 0 Å². The van der Waals surface area contributed by atoms with E-state index in [1.54, 1.807) is 24.1 Å². The number of aryl methyl sites for hydroxylation is 1. The summed E-state index contributed by atoms with van der Waals surface area (Å²) in [5.74, 6) is 0.0224. The SMILES string of the molecule is Cn1cc(C(=O)CCC(=O)N2CCCC(Nc3ccccc3)C2)cn1. The molecule has 25 heavy (non-hydrogen) atoms. The van der Waals surface area contributed by atoms with E-state index >= 15 is 0 Å². The van der Waals surface area contributed by atoms with Crippen LogP contribution in [0.25, 0.3) is 0 Å². The molecular formula is C19H24N4O2. The fourth-order valence-electron chi connectivity index (χ4n) is 3.18. The largest absolute Gasteiger partial charge is 0.381 e. The number of benzene rings is 1. The number of carbonyl (C=O) groups is 2. The molecule has 6 heteroatoms. The molecule has 0 saturated carbocycles. The van der Waals surface area contributed by atoms with Gasteiger partial charge in [0, 0.05) is 50.9 Å². The molecule has 1 aliphatic rings. The van der Waals surface area contributed by atoms with E-state index in [0.29, 0.717) is 12.1 Å². The van der Waals surface area contributed by atoms with Gasteiger partial charge < -0.3 is 10.2 Å². The minimum atomic E-state index is -0.0302. The van der Waals surface area contributed by atoms with Gasteiger partial charge in [-0.05, 0) is 25.0 Å². The molecule has 0 spiro atoms. The Balaban J connectivity index is 1.49. The maximum Gasteiger partial charge on any atom is 0.223 e. The molecule has 0 radical (unpaired) electrons. The maximum atomic E-state index is 12.5. The topological polar surface area (TPSA) is 67.2 Å². The minimum absolute atomic E-state index is 0.0302. The number of hydrogen-bond acceptors (Lipinski definition) is 4. The molecule has 1 aromatic heterocycles. The predicted octanol–water partition coefficient (Wildman–Crippen LogP) is 2.49. The summed E-state index contributed by atoms with van der Waals surface area (Å²) >= 11 is 0. The van der Waals surface area contributed by atoms with E-state index in [-0.39, 0.29) is 30.6 Å². The van der Waals surface area contributed by atoms with Crippen molar-refractivity contribution in [1.82, 2.24) is 14.7 Å². The van der Waals surface area contributed by atoms with Crippen LogP contribution in [0.1, 0.15) is 36.0 Å². The summed E-state index contributed by atoms with van der Waals surface area (Å²) in [5, 5.41) is 7.48. The summed E-state index contributed by atoms with van der Waals surface area (Å²) in [6.45, 7) is 1.46. The van der Waals surface area contributed by atoms with Gasteiger partial charge in [0.2, 0.25) is 5.91 Å². The molecule has 2 heterocycles. The molecule has 1 amide bonds. The van der Waals surface area contributed by atoms with E-state index in [2.05, 4.69) is 10.4 Å². The first kappa shape index (κ1) is 17.2. The molecule has 132 valence electrons. The molecule has 1 aromatic carbocycles. The highest BCUT2D eigenvalue weighted by molar-refractivity contribution is 5.97. The zero-order valence-electron chi connectivity index (χ0n) is 14.5. The van der Waals surface area contributed by atoms with Crippen LogP contribution in [0.5, 0.6) is 0 Å². The number of para-hydroxylation sites is 1. The van der Waals surface area contributed by atoms with Crippen molar-refractivity contribution in [3.8, 4) is 0 Å². The van der Waals surface area contributed by atoms with Crippen LogP contribution >= 0.6 is 0 Å². The van der Waals surface area contributed by atoms with Crippen LogP contribution in [0.15, 0.2) is 42.7 Å². The van der Waals surface area contributed by atoms with E-state index in [1.165, 1.54) is 0 Å². The van der Waals surface area contributed by atoms with Crippen molar-refractivity contribution >= 4 is 17.4 Å². The molecule has 3 rings (SSSR count). The first-order chi connectivity index (χ1) is 12.1. The molecule has 1 atom stereocenters. The first-order valence-corrected chi connectivity index (χ1v) is 8.73. The second-order valence-corrected chi connectivity index (χ2v) is 6.52. The van der Waals surface area contributed by atoms with Crippen LogP contribution in [0.4, 0.5) is 5.69 Å². The Bertz CT molecular complexity index is 726. The van der Waals surface area contributed by atoms with Gasteiger partial charge in [0.05, 0.1) is 11.8 Å². The van der Waals surface area contributed by atoms with Crippen LogP contribution in [0, 0.1) is 0 Å². The monoisotopic (exact) mass is 340 g/mol. The number of nitrogens with zero attached hydrogens (tertiary/aromatic N) is 3. The van der Waals surface area contributed by atoms with Crippen molar-refractivity contribution in [1.29, 1.82) is 0 Å². The number of aromatic nitrogens is 2. The Kier molecular flexibility index (Phi) is 5.48. The number of rotatable bonds is 6. The lowest BCUT2D eigenvalue weighted by atomic mass is 10.0. The summed E-state index contributed by atoms with van der Waals surface area (Å²) in [6, 6.07) is 10.3. The Morgan fingerprint density at radius 3 is 2.76 bits per heavy atom. The number of hydrogen-bond donors (Lipinski definition) is 1. The van der Waals surface area contributed by atoms with Gasteiger partial charge in [-0.1, -0.05) is 18.2 Å². The van der Waals surface area contributed by atoms with Gasteiger partial charge in [-0.25, -0.2) is 0 Å². The van der Waals surface area contributed by atoms with Gasteiger partial charge in [-0.15, -0.1) is 0 Å². The molecule has 1 saturated heterocycles. The molecule has 0 aliphatic carbocycles. The number of amides is 1. The summed E-state index contributed by atoms with van der Waals surface area (Å²) in [4.78, 5) is 26.5. The van der Waals surface area contributed by atoms with Gasteiger partial charge in [0.25, 0.3) is 0 Å². The molecule has 1 fully saturated rings. The van der Waals surface area contributed by atoms with Gasteiger partial charge in [-0.2, -0.15) is 5.10 Å². The molecule has 2 aromatic rings. The number of ketones is 1. The zero-order valence-corrected chi connectivity index (χ0v) is 14.5. The molecule has 1 N–H and O–H groups in total. The highest BCUT2D eigenvalue weighted by atomic mass is 16.2. The van der Waals surface area contributed by atoms with Crippen LogP contribution < -0.4 is 5.32 Å². The van der Waals surface area contributed by atoms with Crippen molar-refractivity contribution in [3.05, 3.63) is 48.3 Å². The third-order valence-electron chi connectivity index (χ3n) is 4.51. The number of piperidine rings is 1. The normalized spacial score (nSPS) is 17.3. The third kappa shape index (κ3) is 4.68. The molecule has 0 bridgehead atoms. The van der Waals surface area contributed by atoms with E-state index in [4.69, 9.17) is 0 Å². The maximum absolute atomic E-state index is 12.5. The quantitative estimate of drug-likeness (QED) is 0.821. The minimum Gasteiger partial charge on any atom is -0.381 e. The smallest absolute Gasteiger partial charge is 0.223 e. The lowest BCUT2D eigenvalue weighted by molar-refractivity contribution is -0.132. The van der Waals surface area contributed by atoms with Crippen LogP contribution in [0.3, 0.4) is 0 Å². The van der Waals surface area contributed by atoms with Crippen molar-refractivity contribution in [2.24, 2.45) is 7.05 Å². The van der Waals surface area contributed by atoms with E-state index in [9.17, 15) is 9.59 Å². The highest BCUT2D eigenvalue weighted by Crippen LogP contribution is 2.17. The van der Waals surface area contributed by atoms with Crippen LogP contribution in [0.2, 0.25) is 0 Å². The zero-order chi connectivity index (χ0) is 17.6. The molecular weight excluding hydrogens is 316 g/mol. The lowest BCUT2D eigenvalue weighted by Crippen LogP contribution is -2.45. The lowest BCUT2D eigenvalue weighted by Gasteiger charge is -2.33. The Morgan fingerprint density at radius 1 is 1.24 bits per heavy atom. The standard InChI is InChI=1S/C19H24N4O2/c1-22-13-15(12-20-22)18(24)9-10-19(25)23-11-5-8-17(14-23)21-16-6-3-2-4-7-16/h2-4,6-7,12-13,17,21H,5,8-11,14H2,1H3. The van der Waals surface area contributed by atoms with E-state index < -0.39 is 0 Å². The fourth-order valence-corrected chi connectivity index (χ4v) is 3.18. The predicted molar refractivity (Wildman–Crippen MR) is 96.4 cm³/mol. The third-order valence-corrected chi connectivity index (χ3v) is 4.51. The van der Waals surface area contributed by atoms with E-state index in [0.717, 1.165) is 25.1 Å². The van der Waals surface area contributed by atoms with Crippen molar-refractivity contribution < 1.29 is 9.59 Å². The van der Waals surface area contributed by atoms with Gasteiger partial charge >= 0.3 is 0 Å². The molecule has 1 aliphatic heterocycles. The summed E-state index contributed by atoms with van der Waals surface area (Å²) in [6.07, 6.45) is 5.75. The number of likely N-dealkylation sites (tertiary alicyclic amines) is 1. The summed E-state index contributed by atoms with van der Waals surface area (Å²) in [5.41, 5.74) is 1.64. The number of carbonyl (C=O) groups excluding carboxylic acids is 2. The average molecular weight is 340 g/mol. The van der Waals surface area contributed by atoms with Gasteiger partial charge in [-0.3, -0.25) is 14.3 Å². The first-order valence-electron chi connectivity index (χ1n) is 8.73. The second kappa shape index (κ2) is 7.96. The number of Topliss-reactive ketones (excluding diaryl/α,β-unsaturated/α-hetero) is 1. The summed E-state index contributed by atoms with van der Waals surface area (Å²) in [7, 11) is 1.77. The van der Waals surface area contributed by atoms with Gasteiger partial charge in [0.15, 0.2) is 5.78 Å². The highest BCUT2D eigenvalue weighted by Gasteiger charge is 2.24. The van der Waals surface area contributed by atoms with Crippen LogP contribution in [-0.4, -0.2) is 45.5 Å². The fraction of sp³-hybridized carbons (Fsp3) is 0.421. The van der Waals surface area contributed by atoms with Crippen molar-refractivity contribution in [2.45, 2.75) is 31.7 Å². The number of anilines is 1. The Labute approximate surface area is 147 Å². The Hall–Kier alpha value is -2.63. The Morgan fingerprint density at radius 2 is 2.04 bits per heavy atom. The summed E-state index contributed by atoms with van der Waals surface area (Å²) < 4.78 is 1.60. The van der Waals surface area contributed by atoms with Crippen molar-refractivity contribution in [3.63, 3.8) is 0 Å². The van der Waals surface area contributed by atoms with E-state index in [1.807, 2.05) is 35.2 Å².